The molecule has 1 aromatic carbocycles. The number of rotatable bonds is 4. The SMILES string of the molecule is Cc1cc(C)n(CC(=O)NNC(=O)C2CC2c2ccccc2Cl)n1. The number of aryl methyl sites for hydroxylation is 2. The molecule has 2 unspecified atom stereocenters. The van der Waals surface area contributed by atoms with Gasteiger partial charge in [-0.15, -0.1) is 0 Å². The fourth-order valence-electron chi connectivity index (χ4n) is 2.84. The highest BCUT2D eigenvalue weighted by Crippen LogP contribution is 2.49. The van der Waals surface area contributed by atoms with Gasteiger partial charge in [0.2, 0.25) is 5.91 Å². The second-order valence-corrected chi connectivity index (χ2v) is 6.50. The average molecular weight is 347 g/mol. The molecule has 2 atom stereocenters. The molecule has 0 saturated heterocycles. The number of aromatic nitrogens is 2. The van der Waals surface area contributed by atoms with Gasteiger partial charge in [-0.05, 0) is 43.9 Å². The van der Waals surface area contributed by atoms with Gasteiger partial charge >= 0.3 is 0 Å². The molecule has 7 heteroatoms. The van der Waals surface area contributed by atoms with Crippen molar-refractivity contribution in [2.75, 3.05) is 0 Å². The van der Waals surface area contributed by atoms with Crippen LogP contribution in [-0.2, 0) is 16.1 Å². The van der Waals surface area contributed by atoms with Gasteiger partial charge in [0.1, 0.15) is 6.54 Å². The summed E-state index contributed by atoms with van der Waals surface area (Å²) in [6, 6.07) is 9.42. The maximum absolute atomic E-state index is 12.1. The largest absolute Gasteiger partial charge is 0.273 e. The normalized spacial score (nSPS) is 19.0. The molecule has 2 N–H and O–H groups in total. The number of halogens is 1. The van der Waals surface area contributed by atoms with Gasteiger partial charge in [0.25, 0.3) is 5.91 Å². The molecule has 1 saturated carbocycles. The molecule has 0 spiro atoms. The molecule has 24 heavy (non-hydrogen) atoms. The molecule has 1 heterocycles. The number of carbonyl (C=O) groups excluding carboxylic acids is 2. The van der Waals surface area contributed by atoms with Crippen molar-refractivity contribution in [3.63, 3.8) is 0 Å². The van der Waals surface area contributed by atoms with E-state index in [4.69, 9.17) is 11.6 Å². The summed E-state index contributed by atoms with van der Waals surface area (Å²) in [6.45, 7) is 3.81. The Bertz CT molecular complexity index is 787. The molecule has 1 aromatic heterocycles. The molecule has 1 aliphatic rings. The van der Waals surface area contributed by atoms with Crippen LogP contribution in [-0.4, -0.2) is 21.6 Å². The Balaban J connectivity index is 1.49. The van der Waals surface area contributed by atoms with Gasteiger partial charge in [-0.2, -0.15) is 5.10 Å². The standard InChI is InChI=1S/C17H19ClN4O2/c1-10-7-11(2)22(21-10)9-16(23)19-20-17(24)14-8-13(14)12-5-3-4-6-15(12)18/h3-7,13-14H,8-9H2,1-2H3,(H,19,23)(H,20,24). The number of hydrogen-bond donors (Lipinski definition) is 2. The van der Waals surface area contributed by atoms with Crippen molar-refractivity contribution in [1.82, 2.24) is 20.6 Å². The minimum Gasteiger partial charge on any atom is -0.273 e. The highest BCUT2D eigenvalue weighted by molar-refractivity contribution is 6.31. The highest BCUT2D eigenvalue weighted by Gasteiger charge is 2.44. The van der Waals surface area contributed by atoms with Crippen molar-refractivity contribution >= 4 is 23.4 Å². The fraction of sp³-hybridized carbons (Fsp3) is 0.353. The first kappa shape index (κ1) is 16.5. The van der Waals surface area contributed by atoms with Crippen LogP contribution >= 0.6 is 11.6 Å². The summed E-state index contributed by atoms with van der Waals surface area (Å²) in [6.07, 6.45) is 0.739. The van der Waals surface area contributed by atoms with E-state index in [1.54, 1.807) is 4.68 Å². The monoisotopic (exact) mass is 346 g/mol. The first-order chi connectivity index (χ1) is 11.5. The number of nitrogens with one attached hydrogen (secondary N) is 2. The van der Waals surface area contributed by atoms with Gasteiger partial charge in [0.15, 0.2) is 0 Å². The van der Waals surface area contributed by atoms with E-state index in [9.17, 15) is 9.59 Å². The number of hydrazine groups is 1. The summed E-state index contributed by atoms with van der Waals surface area (Å²) in [5.74, 6) is -0.545. The van der Waals surface area contributed by atoms with Crippen molar-refractivity contribution in [3.05, 3.63) is 52.3 Å². The van der Waals surface area contributed by atoms with Crippen molar-refractivity contribution in [2.45, 2.75) is 32.7 Å². The van der Waals surface area contributed by atoms with Gasteiger partial charge in [-0.3, -0.25) is 25.1 Å². The van der Waals surface area contributed by atoms with E-state index < -0.39 is 0 Å². The number of amides is 2. The Kier molecular flexibility index (Phi) is 4.57. The molecule has 1 fully saturated rings. The summed E-state index contributed by atoms with van der Waals surface area (Å²) >= 11 is 6.15. The van der Waals surface area contributed by atoms with Crippen LogP contribution in [0.15, 0.2) is 30.3 Å². The van der Waals surface area contributed by atoms with Crippen molar-refractivity contribution in [1.29, 1.82) is 0 Å². The maximum Gasteiger partial charge on any atom is 0.260 e. The molecule has 6 nitrogen and oxygen atoms in total. The van der Waals surface area contributed by atoms with Gasteiger partial charge in [0, 0.05) is 16.6 Å². The predicted octanol–water partition coefficient (Wildman–Crippen LogP) is 2.10. The Morgan fingerprint density at radius 1 is 1.29 bits per heavy atom. The van der Waals surface area contributed by atoms with Crippen molar-refractivity contribution < 1.29 is 9.59 Å². The van der Waals surface area contributed by atoms with Gasteiger partial charge in [0.05, 0.1) is 5.69 Å². The van der Waals surface area contributed by atoms with Gasteiger partial charge < -0.3 is 0 Å². The molecular weight excluding hydrogens is 328 g/mol. The third-order valence-electron chi connectivity index (χ3n) is 4.15. The van der Waals surface area contributed by atoms with Crippen LogP contribution in [0.4, 0.5) is 0 Å². The Morgan fingerprint density at radius 2 is 2.04 bits per heavy atom. The molecule has 0 radical (unpaired) electrons. The topological polar surface area (TPSA) is 76.0 Å². The molecular formula is C17H19ClN4O2. The summed E-state index contributed by atoms with van der Waals surface area (Å²) in [7, 11) is 0. The lowest BCUT2D eigenvalue weighted by Crippen LogP contribution is -2.44. The van der Waals surface area contributed by atoms with Crippen molar-refractivity contribution in [2.24, 2.45) is 5.92 Å². The third-order valence-corrected chi connectivity index (χ3v) is 4.50. The van der Waals surface area contributed by atoms with Gasteiger partial charge in [-0.1, -0.05) is 29.8 Å². The predicted molar refractivity (Wildman–Crippen MR) is 90.3 cm³/mol. The quantitative estimate of drug-likeness (QED) is 0.832. The third kappa shape index (κ3) is 3.59. The zero-order valence-electron chi connectivity index (χ0n) is 13.5. The first-order valence-corrected chi connectivity index (χ1v) is 8.17. The van der Waals surface area contributed by atoms with E-state index >= 15 is 0 Å². The Hall–Kier alpha value is -2.34. The highest BCUT2D eigenvalue weighted by atomic mass is 35.5. The maximum atomic E-state index is 12.1. The van der Waals surface area contributed by atoms with Crippen LogP contribution in [0.3, 0.4) is 0 Å². The number of benzene rings is 1. The van der Waals surface area contributed by atoms with Crippen LogP contribution in [0, 0.1) is 19.8 Å². The Morgan fingerprint density at radius 3 is 2.71 bits per heavy atom. The van der Waals surface area contributed by atoms with Crippen LogP contribution in [0.1, 0.15) is 29.3 Å². The molecule has 0 bridgehead atoms. The zero-order chi connectivity index (χ0) is 17.3. The van der Waals surface area contributed by atoms with Crippen LogP contribution in [0.5, 0.6) is 0 Å². The molecule has 2 aromatic rings. The van der Waals surface area contributed by atoms with Crippen molar-refractivity contribution in [3.8, 4) is 0 Å². The molecule has 3 rings (SSSR count). The minimum absolute atomic E-state index is 0.0680. The van der Waals surface area contributed by atoms with E-state index in [-0.39, 0.29) is 30.2 Å². The number of nitrogens with zero attached hydrogens (tertiary/aromatic N) is 2. The van der Waals surface area contributed by atoms with Gasteiger partial charge in [-0.25, -0.2) is 0 Å². The van der Waals surface area contributed by atoms with Crippen LogP contribution < -0.4 is 10.9 Å². The summed E-state index contributed by atoms with van der Waals surface area (Å²) in [5.41, 5.74) is 7.66. The first-order valence-electron chi connectivity index (χ1n) is 7.80. The summed E-state index contributed by atoms with van der Waals surface area (Å²) in [4.78, 5) is 24.1. The van der Waals surface area contributed by atoms with E-state index in [1.807, 2.05) is 44.2 Å². The fourth-order valence-corrected chi connectivity index (χ4v) is 3.11. The molecule has 1 aliphatic carbocycles. The minimum atomic E-state index is -0.315. The molecule has 0 aliphatic heterocycles. The van der Waals surface area contributed by atoms with Crippen LogP contribution in [0.2, 0.25) is 5.02 Å². The summed E-state index contributed by atoms with van der Waals surface area (Å²) < 4.78 is 1.60. The lowest BCUT2D eigenvalue weighted by Gasteiger charge is -2.08. The average Bonchev–Trinajstić information content (AvgIpc) is 3.26. The molecule has 2 amide bonds. The Labute approximate surface area is 145 Å². The van der Waals surface area contributed by atoms with E-state index in [1.165, 1.54) is 0 Å². The molecule has 126 valence electrons. The van der Waals surface area contributed by atoms with E-state index in [0.29, 0.717) is 5.02 Å². The second-order valence-electron chi connectivity index (χ2n) is 6.09. The van der Waals surface area contributed by atoms with E-state index in [2.05, 4.69) is 16.0 Å². The zero-order valence-corrected chi connectivity index (χ0v) is 14.3. The van der Waals surface area contributed by atoms with Crippen LogP contribution in [0.25, 0.3) is 0 Å². The smallest absolute Gasteiger partial charge is 0.260 e. The summed E-state index contributed by atoms with van der Waals surface area (Å²) in [5, 5.41) is 4.89. The number of hydrogen-bond acceptors (Lipinski definition) is 3. The number of carbonyl (C=O) groups is 2. The van der Waals surface area contributed by atoms with E-state index in [0.717, 1.165) is 23.4 Å². The second kappa shape index (κ2) is 6.65. The lowest BCUT2D eigenvalue weighted by atomic mass is 10.1. The lowest BCUT2D eigenvalue weighted by molar-refractivity contribution is -0.130.